The largest absolute Gasteiger partial charge is 0.356 e. The molecule has 1 heterocycles. The van der Waals surface area contributed by atoms with Crippen molar-refractivity contribution in [3.05, 3.63) is 35.9 Å². The Balaban J connectivity index is 1.78. The van der Waals surface area contributed by atoms with Crippen LogP contribution in [0.5, 0.6) is 0 Å². The molecule has 1 saturated heterocycles. The molecule has 5 nitrogen and oxygen atoms in total. The minimum absolute atomic E-state index is 0.0849. The molecule has 1 aliphatic rings. The molecule has 1 aromatic carbocycles. The number of carbonyl (C=O) groups is 1. The van der Waals surface area contributed by atoms with Crippen molar-refractivity contribution in [1.82, 2.24) is 9.62 Å². The van der Waals surface area contributed by atoms with Gasteiger partial charge in [0.15, 0.2) is 0 Å². The van der Waals surface area contributed by atoms with Gasteiger partial charge < -0.3 is 5.32 Å². The highest BCUT2D eigenvalue weighted by Gasteiger charge is 2.33. The molecule has 1 aromatic rings. The highest BCUT2D eigenvalue weighted by Crippen LogP contribution is 2.27. The maximum atomic E-state index is 12.7. The van der Waals surface area contributed by atoms with Crippen LogP contribution in [-0.4, -0.2) is 37.8 Å². The number of rotatable bonds is 10. The van der Waals surface area contributed by atoms with Gasteiger partial charge in [-0.2, -0.15) is 4.31 Å². The number of nitrogens with one attached hydrogen (secondary N) is 1. The number of nitrogens with zero attached hydrogens (tertiary/aromatic N) is 1. The van der Waals surface area contributed by atoms with E-state index in [2.05, 4.69) is 5.32 Å². The molecule has 140 valence electrons. The fourth-order valence-corrected chi connectivity index (χ4v) is 5.31. The van der Waals surface area contributed by atoms with Gasteiger partial charge in [-0.25, -0.2) is 8.42 Å². The molecule has 1 amide bonds. The Bertz CT molecular complexity index is 631. The SMILES string of the molecule is CCNC(=O)CCCCCC1CCCN1S(=O)(=O)Cc1ccccc1. The monoisotopic (exact) mass is 366 g/mol. The van der Waals surface area contributed by atoms with Crippen molar-refractivity contribution >= 4 is 15.9 Å². The highest BCUT2D eigenvalue weighted by molar-refractivity contribution is 7.88. The maximum absolute atomic E-state index is 12.7. The predicted octanol–water partition coefficient (Wildman–Crippen LogP) is 3.07. The zero-order valence-corrected chi connectivity index (χ0v) is 15.9. The summed E-state index contributed by atoms with van der Waals surface area (Å²) < 4.78 is 27.2. The van der Waals surface area contributed by atoms with Crippen LogP contribution in [0.3, 0.4) is 0 Å². The van der Waals surface area contributed by atoms with Gasteiger partial charge in [-0.15, -0.1) is 0 Å². The molecule has 0 aliphatic carbocycles. The van der Waals surface area contributed by atoms with Gasteiger partial charge in [0.1, 0.15) is 0 Å². The molecule has 1 N–H and O–H groups in total. The second-order valence-corrected chi connectivity index (χ2v) is 8.62. The summed E-state index contributed by atoms with van der Waals surface area (Å²) in [6.45, 7) is 3.23. The third-order valence-electron chi connectivity index (χ3n) is 4.69. The Hall–Kier alpha value is -1.40. The van der Waals surface area contributed by atoms with Crippen LogP contribution in [0.15, 0.2) is 30.3 Å². The van der Waals surface area contributed by atoms with Crippen molar-refractivity contribution in [3.63, 3.8) is 0 Å². The van der Waals surface area contributed by atoms with Crippen LogP contribution in [-0.2, 0) is 20.6 Å². The summed E-state index contributed by atoms with van der Waals surface area (Å²) in [6, 6.07) is 9.50. The van der Waals surface area contributed by atoms with E-state index in [-0.39, 0.29) is 17.7 Å². The molecular weight excluding hydrogens is 336 g/mol. The van der Waals surface area contributed by atoms with E-state index in [9.17, 15) is 13.2 Å². The number of hydrogen-bond donors (Lipinski definition) is 1. The lowest BCUT2D eigenvalue weighted by atomic mass is 10.1. The Morgan fingerprint density at radius 3 is 2.68 bits per heavy atom. The van der Waals surface area contributed by atoms with Crippen LogP contribution in [0.4, 0.5) is 0 Å². The first-order chi connectivity index (χ1) is 12.0. The van der Waals surface area contributed by atoms with E-state index >= 15 is 0 Å². The van der Waals surface area contributed by atoms with Crippen molar-refractivity contribution in [1.29, 1.82) is 0 Å². The lowest BCUT2D eigenvalue weighted by Gasteiger charge is -2.24. The first-order valence-corrected chi connectivity index (χ1v) is 10.9. The lowest BCUT2D eigenvalue weighted by Crippen LogP contribution is -2.36. The molecule has 1 atom stereocenters. The predicted molar refractivity (Wildman–Crippen MR) is 101 cm³/mol. The molecular formula is C19H30N2O3S. The van der Waals surface area contributed by atoms with Crippen molar-refractivity contribution in [2.24, 2.45) is 0 Å². The maximum Gasteiger partial charge on any atom is 0.219 e. The number of amides is 1. The molecule has 1 unspecified atom stereocenters. The minimum Gasteiger partial charge on any atom is -0.356 e. The van der Waals surface area contributed by atoms with Gasteiger partial charge in [-0.05, 0) is 38.2 Å². The molecule has 6 heteroatoms. The molecule has 0 aromatic heterocycles. The van der Waals surface area contributed by atoms with Crippen molar-refractivity contribution in [2.75, 3.05) is 13.1 Å². The van der Waals surface area contributed by atoms with Gasteiger partial charge in [0.05, 0.1) is 5.75 Å². The molecule has 0 saturated carbocycles. The van der Waals surface area contributed by atoms with Gasteiger partial charge >= 0.3 is 0 Å². The average molecular weight is 367 g/mol. The van der Waals surface area contributed by atoms with Crippen LogP contribution in [0.2, 0.25) is 0 Å². The van der Waals surface area contributed by atoms with E-state index in [1.807, 2.05) is 37.3 Å². The quantitative estimate of drug-likeness (QED) is 0.647. The van der Waals surface area contributed by atoms with E-state index in [1.54, 1.807) is 4.31 Å². The van der Waals surface area contributed by atoms with Gasteiger partial charge in [0.2, 0.25) is 15.9 Å². The number of benzene rings is 1. The van der Waals surface area contributed by atoms with Crippen LogP contribution >= 0.6 is 0 Å². The van der Waals surface area contributed by atoms with Gasteiger partial charge in [0.25, 0.3) is 0 Å². The summed E-state index contributed by atoms with van der Waals surface area (Å²) >= 11 is 0. The highest BCUT2D eigenvalue weighted by atomic mass is 32.2. The van der Waals surface area contributed by atoms with E-state index in [0.29, 0.717) is 19.5 Å². The van der Waals surface area contributed by atoms with E-state index in [4.69, 9.17) is 0 Å². The van der Waals surface area contributed by atoms with Crippen LogP contribution in [0.25, 0.3) is 0 Å². The normalized spacial score (nSPS) is 18.4. The first-order valence-electron chi connectivity index (χ1n) is 9.33. The lowest BCUT2D eigenvalue weighted by molar-refractivity contribution is -0.121. The smallest absolute Gasteiger partial charge is 0.219 e. The molecule has 25 heavy (non-hydrogen) atoms. The summed E-state index contributed by atoms with van der Waals surface area (Å²) in [5, 5.41) is 2.80. The van der Waals surface area contributed by atoms with Crippen LogP contribution in [0.1, 0.15) is 57.4 Å². The summed E-state index contributed by atoms with van der Waals surface area (Å²) in [5.74, 6) is 0.192. The zero-order chi connectivity index (χ0) is 18.1. The van der Waals surface area contributed by atoms with E-state index in [1.165, 1.54) is 0 Å². The van der Waals surface area contributed by atoms with Crippen molar-refractivity contribution in [3.8, 4) is 0 Å². The fraction of sp³-hybridized carbons (Fsp3) is 0.632. The number of unbranched alkanes of at least 4 members (excludes halogenated alkanes) is 2. The standard InChI is InChI=1S/C19H30N2O3S/c1-2-20-19(22)14-8-4-7-12-18-13-9-15-21(18)25(23,24)16-17-10-5-3-6-11-17/h3,5-6,10-11,18H,2,4,7-9,12-16H2,1H3,(H,20,22). The summed E-state index contributed by atoms with van der Waals surface area (Å²) in [7, 11) is -3.26. The molecule has 1 aliphatic heterocycles. The van der Waals surface area contributed by atoms with Gasteiger partial charge in [-0.3, -0.25) is 4.79 Å². The van der Waals surface area contributed by atoms with E-state index in [0.717, 1.165) is 44.1 Å². The second kappa shape index (κ2) is 9.92. The number of carbonyl (C=O) groups excluding carboxylic acids is 1. The average Bonchev–Trinajstić information content (AvgIpc) is 3.05. The molecule has 0 radical (unpaired) electrons. The van der Waals surface area contributed by atoms with Crippen molar-refractivity contribution in [2.45, 2.75) is 63.7 Å². The Labute approximate surface area is 151 Å². The topological polar surface area (TPSA) is 66.5 Å². The van der Waals surface area contributed by atoms with Crippen molar-refractivity contribution < 1.29 is 13.2 Å². The summed E-state index contributed by atoms with van der Waals surface area (Å²) in [4.78, 5) is 11.4. The molecule has 2 rings (SSSR count). The summed E-state index contributed by atoms with van der Waals surface area (Å²) in [5.41, 5.74) is 0.843. The van der Waals surface area contributed by atoms with E-state index < -0.39 is 10.0 Å². The molecule has 1 fully saturated rings. The molecule has 0 bridgehead atoms. The van der Waals surface area contributed by atoms with Gasteiger partial charge in [-0.1, -0.05) is 43.2 Å². The Morgan fingerprint density at radius 2 is 1.96 bits per heavy atom. The third kappa shape index (κ3) is 6.44. The minimum atomic E-state index is -3.26. The van der Waals surface area contributed by atoms with Crippen LogP contribution in [0, 0.1) is 0 Å². The zero-order valence-electron chi connectivity index (χ0n) is 15.1. The molecule has 0 spiro atoms. The van der Waals surface area contributed by atoms with Crippen LogP contribution < -0.4 is 5.32 Å². The third-order valence-corrected chi connectivity index (χ3v) is 6.58. The summed E-state index contributed by atoms with van der Waals surface area (Å²) in [6.07, 6.45) is 6.16. The Kier molecular flexibility index (Phi) is 7.90. The second-order valence-electron chi connectivity index (χ2n) is 6.70. The number of hydrogen-bond acceptors (Lipinski definition) is 3. The first kappa shape index (κ1) is 19.9. The van der Waals surface area contributed by atoms with Gasteiger partial charge in [0, 0.05) is 25.6 Å². The fourth-order valence-electron chi connectivity index (χ4n) is 3.46. The Morgan fingerprint density at radius 1 is 1.20 bits per heavy atom. The number of sulfonamides is 1.